The van der Waals surface area contributed by atoms with Crippen LogP contribution >= 0.6 is 0 Å². The van der Waals surface area contributed by atoms with Crippen LogP contribution in [0.1, 0.15) is 41.6 Å². The molecule has 0 radical (unpaired) electrons. The second kappa shape index (κ2) is 7.85. The molecule has 0 aromatic heterocycles. The summed E-state index contributed by atoms with van der Waals surface area (Å²) in [6.07, 6.45) is 7.86. The number of rotatable bonds is 7. The molecule has 1 aliphatic rings. The molecule has 0 spiro atoms. The topological polar surface area (TPSA) is 41.1 Å². The highest BCUT2D eigenvalue weighted by Crippen LogP contribution is 2.19. The Morgan fingerprint density at radius 2 is 2.05 bits per heavy atom. The smallest absolute Gasteiger partial charge is 0.251 e. The minimum absolute atomic E-state index is 0.0512. The average molecular weight is 272 g/mol. The predicted molar refractivity (Wildman–Crippen MR) is 83.0 cm³/mol. The molecule has 0 aliphatic heterocycles. The predicted octanol–water partition coefficient (Wildman–Crippen LogP) is 2.68. The van der Waals surface area contributed by atoms with Gasteiger partial charge in [-0.2, -0.15) is 0 Å². The molecule has 0 heterocycles. The number of amides is 1. The van der Waals surface area contributed by atoms with E-state index in [0.717, 1.165) is 37.1 Å². The maximum atomic E-state index is 12.3. The van der Waals surface area contributed by atoms with E-state index in [1.807, 2.05) is 31.3 Å². The molecular weight excluding hydrogens is 248 g/mol. The molecule has 1 aromatic rings. The van der Waals surface area contributed by atoms with Gasteiger partial charge in [0.15, 0.2) is 0 Å². The van der Waals surface area contributed by atoms with E-state index in [1.165, 1.54) is 24.8 Å². The van der Waals surface area contributed by atoms with Crippen LogP contribution in [0.25, 0.3) is 0 Å². The first kappa shape index (κ1) is 14.8. The lowest BCUT2D eigenvalue weighted by molar-refractivity contribution is 0.0953. The van der Waals surface area contributed by atoms with Crippen LogP contribution in [0.15, 0.2) is 35.9 Å². The van der Waals surface area contributed by atoms with Gasteiger partial charge in [-0.15, -0.1) is 0 Å². The fourth-order valence-electron chi connectivity index (χ4n) is 2.62. The van der Waals surface area contributed by atoms with Crippen molar-refractivity contribution in [2.75, 3.05) is 20.1 Å². The minimum atomic E-state index is 0.0512. The van der Waals surface area contributed by atoms with Gasteiger partial charge in [0, 0.05) is 12.1 Å². The molecule has 0 saturated carbocycles. The van der Waals surface area contributed by atoms with Crippen LogP contribution in [-0.2, 0) is 6.42 Å². The summed E-state index contributed by atoms with van der Waals surface area (Å²) in [6.45, 7) is 1.63. The Balaban J connectivity index is 1.87. The highest BCUT2D eigenvalue weighted by atomic mass is 16.1. The molecule has 2 N–H and O–H groups in total. The summed E-state index contributed by atoms with van der Waals surface area (Å²) in [5, 5.41) is 6.17. The van der Waals surface area contributed by atoms with Gasteiger partial charge in [0.05, 0.1) is 0 Å². The zero-order valence-corrected chi connectivity index (χ0v) is 12.2. The van der Waals surface area contributed by atoms with Crippen molar-refractivity contribution in [2.24, 2.45) is 0 Å². The standard InChI is InChI=1S/C17H24N2O/c1-18-12-11-15-8-4-5-9-16(15)17(20)19-13-10-14-6-2-3-7-14/h4-6,8-9,18H,2-3,7,10-13H2,1H3,(H,19,20). The number of carbonyl (C=O) groups excluding carboxylic acids is 1. The first-order chi connectivity index (χ1) is 9.81. The Morgan fingerprint density at radius 1 is 1.20 bits per heavy atom. The third kappa shape index (κ3) is 4.20. The summed E-state index contributed by atoms with van der Waals surface area (Å²) >= 11 is 0. The Morgan fingerprint density at radius 3 is 2.80 bits per heavy atom. The van der Waals surface area contributed by atoms with Gasteiger partial charge in [-0.1, -0.05) is 29.8 Å². The van der Waals surface area contributed by atoms with Gasteiger partial charge in [-0.25, -0.2) is 0 Å². The largest absolute Gasteiger partial charge is 0.352 e. The number of hydrogen-bond donors (Lipinski definition) is 2. The van der Waals surface area contributed by atoms with Crippen molar-refractivity contribution >= 4 is 5.91 Å². The van der Waals surface area contributed by atoms with Gasteiger partial charge >= 0.3 is 0 Å². The van der Waals surface area contributed by atoms with Crippen molar-refractivity contribution in [3.8, 4) is 0 Å². The average Bonchev–Trinajstić information content (AvgIpc) is 2.98. The number of allylic oxidation sites excluding steroid dienone is 1. The third-order valence-electron chi connectivity index (χ3n) is 3.77. The van der Waals surface area contributed by atoms with Gasteiger partial charge in [0.2, 0.25) is 0 Å². The zero-order chi connectivity index (χ0) is 14.2. The van der Waals surface area contributed by atoms with Crippen molar-refractivity contribution in [1.82, 2.24) is 10.6 Å². The minimum Gasteiger partial charge on any atom is -0.352 e. The first-order valence-corrected chi connectivity index (χ1v) is 7.50. The van der Waals surface area contributed by atoms with Crippen LogP contribution in [0.2, 0.25) is 0 Å². The molecule has 1 aromatic carbocycles. The van der Waals surface area contributed by atoms with E-state index in [9.17, 15) is 4.79 Å². The lowest BCUT2D eigenvalue weighted by Crippen LogP contribution is -2.26. The normalized spacial score (nSPS) is 14.2. The van der Waals surface area contributed by atoms with E-state index < -0.39 is 0 Å². The van der Waals surface area contributed by atoms with Gasteiger partial charge in [0.1, 0.15) is 0 Å². The summed E-state index contributed by atoms with van der Waals surface area (Å²) in [6, 6.07) is 7.86. The van der Waals surface area contributed by atoms with Gasteiger partial charge in [-0.3, -0.25) is 4.79 Å². The second-order valence-corrected chi connectivity index (χ2v) is 5.27. The molecule has 0 bridgehead atoms. The van der Waals surface area contributed by atoms with Crippen LogP contribution in [0, 0.1) is 0 Å². The van der Waals surface area contributed by atoms with E-state index in [2.05, 4.69) is 16.7 Å². The summed E-state index contributed by atoms with van der Waals surface area (Å²) in [5.41, 5.74) is 3.41. The summed E-state index contributed by atoms with van der Waals surface area (Å²) in [4.78, 5) is 12.3. The third-order valence-corrected chi connectivity index (χ3v) is 3.77. The van der Waals surface area contributed by atoms with Crippen molar-refractivity contribution in [2.45, 2.75) is 32.1 Å². The maximum absolute atomic E-state index is 12.3. The Labute approximate surface area is 121 Å². The fourth-order valence-corrected chi connectivity index (χ4v) is 2.62. The maximum Gasteiger partial charge on any atom is 0.251 e. The van der Waals surface area contributed by atoms with Crippen LogP contribution < -0.4 is 10.6 Å². The van der Waals surface area contributed by atoms with Crippen LogP contribution in [0.5, 0.6) is 0 Å². The first-order valence-electron chi connectivity index (χ1n) is 7.50. The summed E-state index contributed by atoms with van der Waals surface area (Å²) < 4.78 is 0. The van der Waals surface area contributed by atoms with E-state index in [1.54, 1.807) is 0 Å². The number of carbonyl (C=O) groups is 1. The number of likely N-dealkylation sites (N-methyl/N-ethyl adjacent to an activating group) is 1. The van der Waals surface area contributed by atoms with Crippen molar-refractivity contribution in [1.29, 1.82) is 0 Å². The molecule has 0 fully saturated rings. The van der Waals surface area contributed by atoms with Crippen LogP contribution in [-0.4, -0.2) is 26.0 Å². The van der Waals surface area contributed by atoms with E-state index in [-0.39, 0.29) is 5.91 Å². The molecule has 1 aliphatic carbocycles. The molecule has 3 nitrogen and oxygen atoms in total. The molecule has 108 valence electrons. The Kier molecular flexibility index (Phi) is 5.81. The Bertz CT molecular complexity index is 480. The van der Waals surface area contributed by atoms with Crippen LogP contribution in [0.4, 0.5) is 0 Å². The van der Waals surface area contributed by atoms with Gasteiger partial charge in [-0.05, 0) is 57.3 Å². The molecule has 0 saturated heterocycles. The second-order valence-electron chi connectivity index (χ2n) is 5.27. The van der Waals surface area contributed by atoms with Crippen LogP contribution in [0.3, 0.4) is 0 Å². The molecular formula is C17H24N2O. The highest BCUT2D eigenvalue weighted by Gasteiger charge is 2.10. The van der Waals surface area contributed by atoms with E-state index >= 15 is 0 Å². The lowest BCUT2D eigenvalue weighted by Gasteiger charge is -2.10. The van der Waals surface area contributed by atoms with Crippen molar-refractivity contribution < 1.29 is 4.79 Å². The van der Waals surface area contributed by atoms with E-state index in [4.69, 9.17) is 0 Å². The zero-order valence-electron chi connectivity index (χ0n) is 12.2. The number of hydrogen-bond acceptors (Lipinski definition) is 2. The molecule has 20 heavy (non-hydrogen) atoms. The van der Waals surface area contributed by atoms with Gasteiger partial charge < -0.3 is 10.6 Å². The number of nitrogens with one attached hydrogen (secondary N) is 2. The van der Waals surface area contributed by atoms with Crippen molar-refractivity contribution in [3.05, 3.63) is 47.0 Å². The van der Waals surface area contributed by atoms with Crippen molar-refractivity contribution in [3.63, 3.8) is 0 Å². The summed E-state index contributed by atoms with van der Waals surface area (Å²) in [7, 11) is 1.93. The Hall–Kier alpha value is -1.61. The fraction of sp³-hybridized carbons (Fsp3) is 0.471. The van der Waals surface area contributed by atoms with Gasteiger partial charge in [0.25, 0.3) is 5.91 Å². The summed E-state index contributed by atoms with van der Waals surface area (Å²) in [5.74, 6) is 0.0512. The molecule has 0 atom stereocenters. The van der Waals surface area contributed by atoms with E-state index in [0.29, 0.717) is 0 Å². The number of benzene rings is 1. The lowest BCUT2D eigenvalue weighted by atomic mass is 10.0. The molecule has 1 amide bonds. The SMILES string of the molecule is CNCCc1ccccc1C(=O)NCCC1=CCCC1. The quantitative estimate of drug-likeness (QED) is 0.749. The highest BCUT2D eigenvalue weighted by molar-refractivity contribution is 5.95. The molecule has 2 rings (SSSR count). The molecule has 0 unspecified atom stereocenters. The monoisotopic (exact) mass is 272 g/mol. The molecule has 3 heteroatoms.